The highest BCUT2D eigenvalue weighted by molar-refractivity contribution is 5.81. The van der Waals surface area contributed by atoms with Gasteiger partial charge in [0.2, 0.25) is 5.91 Å². The van der Waals surface area contributed by atoms with Gasteiger partial charge in [0, 0.05) is 19.1 Å². The molecular formula is C16H24N2O2. The van der Waals surface area contributed by atoms with Crippen LogP contribution in [0.15, 0.2) is 24.3 Å². The van der Waals surface area contributed by atoms with E-state index in [0.717, 1.165) is 37.2 Å². The summed E-state index contributed by atoms with van der Waals surface area (Å²) in [6.45, 7) is 5.83. The van der Waals surface area contributed by atoms with Crippen molar-refractivity contribution in [1.82, 2.24) is 10.2 Å². The number of ether oxygens (including phenoxy) is 1. The molecule has 1 amide bonds. The van der Waals surface area contributed by atoms with Crippen LogP contribution >= 0.6 is 0 Å². The third-order valence-electron chi connectivity index (χ3n) is 3.90. The van der Waals surface area contributed by atoms with Crippen LogP contribution in [-0.2, 0) is 4.79 Å². The van der Waals surface area contributed by atoms with Crippen LogP contribution < -0.4 is 10.1 Å². The van der Waals surface area contributed by atoms with E-state index in [9.17, 15) is 4.79 Å². The SMILES string of the molecule is COc1ccc([C@@H](C)NC(C)C(=O)N2CCCC2)cc1. The molecule has 1 aromatic rings. The molecule has 0 aromatic heterocycles. The lowest BCUT2D eigenvalue weighted by Crippen LogP contribution is -2.44. The number of hydrogen-bond acceptors (Lipinski definition) is 3. The molecule has 1 fully saturated rings. The maximum atomic E-state index is 12.3. The van der Waals surface area contributed by atoms with Gasteiger partial charge in [0.15, 0.2) is 0 Å². The van der Waals surface area contributed by atoms with E-state index in [2.05, 4.69) is 12.2 Å². The van der Waals surface area contributed by atoms with Crippen LogP contribution in [0, 0.1) is 0 Å². The zero-order valence-corrected chi connectivity index (χ0v) is 12.6. The fraction of sp³-hybridized carbons (Fsp3) is 0.562. The van der Waals surface area contributed by atoms with Crippen LogP contribution in [0.4, 0.5) is 0 Å². The number of nitrogens with one attached hydrogen (secondary N) is 1. The summed E-state index contributed by atoms with van der Waals surface area (Å²) in [7, 11) is 1.66. The molecule has 20 heavy (non-hydrogen) atoms. The smallest absolute Gasteiger partial charge is 0.239 e. The molecule has 1 unspecified atom stereocenters. The van der Waals surface area contributed by atoms with Crippen LogP contribution in [0.5, 0.6) is 5.75 Å². The largest absolute Gasteiger partial charge is 0.497 e. The summed E-state index contributed by atoms with van der Waals surface area (Å²) in [6, 6.07) is 7.95. The number of likely N-dealkylation sites (tertiary alicyclic amines) is 1. The minimum absolute atomic E-state index is 0.141. The molecule has 1 heterocycles. The van der Waals surface area contributed by atoms with Crippen LogP contribution in [0.25, 0.3) is 0 Å². The van der Waals surface area contributed by atoms with Gasteiger partial charge >= 0.3 is 0 Å². The minimum atomic E-state index is -0.148. The number of benzene rings is 1. The second kappa shape index (κ2) is 6.75. The van der Waals surface area contributed by atoms with Gasteiger partial charge in [-0.3, -0.25) is 10.1 Å². The van der Waals surface area contributed by atoms with Crippen molar-refractivity contribution in [1.29, 1.82) is 0 Å². The highest BCUT2D eigenvalue weighted by Crippen LogP contribution is 2.18. The summed E-state index contributed by atoms with van der Waals surface area (Å²) < 4.78 is 5.15. The molecule has 0 bridgehead atoms. The van der Waals surface area contributed by atoms with Crippen molar-refractivity contribution in [3.05, 3.63) is 29.8 Å². The van der Waals surface area contributed by atoms with Crippen molar-refractivity contribution >= 4 is 5.91 Å². The molecule has 0 aliphatic carbocycles. The Balaban J connectivity index is 1.91. The third-order valence-corrected chi connectivity index (χ3v) is 3.90. The molecule has 4 heteroatoms. The predicted octanol–water partition coefficient (Wildman–Crippen LogP) is 2.36. The summed E-state index contributed by atoms with van der Waals surface area (Å²) in [5, 5.41) is 3.38. The molecule has 4 nitrogen and oxygen atoms in total. The molecular weight excluding hydrogens is 252 g/mol. The Kier molecular flexibility index (Phi) is 5.01. The van der Waals surface area contributed by atoms with E-state index in [0.29, 0.717) is 0 Å². The number of rotatable bonds is 5. The van der Waals surface area contributed by atoms with Crippen LogP contribution in [0.3, 0.4) is 0 Å². The van der Waals surface area contributed by atoms with Gasteiger partial charge in [0.25, 0.3) is 0 Å². The van der Waals surface area contributed by atoms with Gasteiger partial charge in [-0.2, -0.15) is 0 Å². The summed E-state index contributed by atoms with van der Waals surface area (Å²) in [5.74, 6) is 1.06. The van der Waals surface area contributed by atoms with Gasteiger partial charge in [-0.25, -0.2) is 0 Å². The lowest BCUT2D eigenvalue weighted by atomic mass is 10.1. The van der Waals surface area contributed by atoms with Gasteiger partial charge in [0.1, 0.15) is 5.75 Å². The topological polar surface area (TPSA) is 41.6 Å². The molecule has 1 saturated heterocycles. The standard InChI is InChI=1S/C16H24N2O2/c1-12(14-6-8-15(20-3)9-7-14)17-13(2)16(19)18-10-4-5-11-18/h6-9,12-13,17H,4-5,10-11H2,1-3H3/t12-,13?/m1/s1. The van der Waals surface area contributed by atoms with Crippen LogP contribution in [0.2, 0.25) is 0 Å². The molecule has 110 valence electrons. The Morgan fingerprint density at radius 1 is 1.20 bits per heavy atom. The second-order valence-corrected chi connectivity index (χ2v) is 5.42. The number of carbonyl (C=O) groups excluding carboxylic acids is 1. The number of methoxy groups -OCH3 is 1. The quantitative estimate of drug-likeness (QED) is 0.897. The van der Waals surface area contributed by atoms with Gasteiger partial charge < -0.3 is 9.64 Å². The Bertz CT molecular complexity index is 438. The first kappa shape index (κ1) is 14.9. The van der Waals surface area contributed by atoms with Crippen LogP contribution in [0.1, 0.15) is 38.3 Å². The Labute approximate surface area is 121 Å². The summed E-state index contributed by atoms with van der Waals surface area (Å²) in [4.78, 5) is 14.2. The zero-order chi connectivity index (χ0) is 14.5. The molecule has 0 spiro atoms. The number of hydrogen-bond donors (Lipinski definition) is 1. The van der Waals surface area contributed by atoms with E-state index >= 15 is 0 Å². The van der Waals surface area contributed by atoms with Gasteiger partial charge in [-0.1, -0.05) is 12.1 Å². The monoisotopic (exact) mass is 276 g/mol. The lowest BCUT2D eigenvalue weighted by molar-refractivity contribution is -0.132. The Morgan fingerprint density at radius 2 is 1.80 bits per heavy atom. The second-order valence-electron chi connectivity index (χ2n) is 5.42. The summed E-state index contributed by atoms with van der Waals surface area (Å²) in [5.41, 5.74) is 1.16. The van der Waals surface area contributed by atoms with Crippen molar-refractivity contribution in [2.24, 2.45) is 0 Å². The summed E-state index contributed by atoms with van der Waals surface area (Å²) >= 11 is 0. The normalized spacial score (nSPS) is 17.9. The highest BCUT2D eigenvalue weighted by atomic mass is 16.5. The zero-order valence-electron chi connectivity index (χ0n) is 12.6. The number of amides is 1. The molecule has 0 radical (unpaired) electrons. The molecule has 1 aliphatic heterocycles. The maximum Gasteiger partial charge on any atom is 0.239 e. The van der Waals surface area contributed by atoms with Gasteiger partial charge in [0.05, 0.1) is 13.2 Å². The molecule has 2 rings (SSSR count). The third kappa shape index (κ3) is 3.51. The van der Waals surface area contributed by atoms with E-state index in [4.69, 9.17) is 4.74 Å². The maximum absolute atomic E-state index is 12.3. The average Bonchev–Trinajstić information content (AvgIpc) is 3.00. The predicted molar refractivity (Wildman–Crippen MR) is 79.8 cm³/mol. The summed E-state index contributed by atoms with van der Waals surface area (Å²) in [6.07, 6.45) is 2.26. The molecule has 0 saturated carbocycles. The van der Waals surface area contributed by atoms with E-state index in [1.165, 1.54) is 0 Å². The van der Waals surface area contributed by atoms with Crippen molar-refractivity contribution in [3.8, 4) is 5.75 Å². The fourth-order valence-corrected chi connectivity index (χ4v) is 2.65. The molecule has 1 aromatic carbocycles. The number of nitrogens with zero attached hydrogens (tertiary/aromatic N) is 1. The molecule has 1 aliphatic rings. The van der Waals surface area contributed by atoms with Crippen molar-refractivity contribution in [2.75, 3.05) is 20.2 Å². The Hall–Kier alpha value is -1.55. The first-order chi connectivity index (χ1) is 9.61. The minimum Gasteiger partial charge on any atom is -0.497 e. The van der Waals surface area contributed by atoms with E-state index in [-0.39, 0.29) is 18.0 Å². The van der Waals surface area contributed by atoms with Crippen LogP contribution in [-0.4, -0.2) is 37.0 Å². The average molecular weight is 276 g/mol. The van der Waals surface area contributed by atoms with Gasteiger partial charge in [-0.15, -0.1) is 0 Å². The van der Waals surface area contributed by atoms with Gasteiger partial charge in [-0.05, 0) is 44.4 Å². The highest BCUT2D eigenvalue weighted by Gasteiger charge is 2.24. The first-order valence-electron chi connectivity index (χ1n) is 7.30. The van der Waals surface area contributed by atoms with E-state index in [1.54, 1.807) is 7.11 Å². The lowest BCUT2D eigenvalue weighted by Gasteiger charge is -2.24. The molecule has 2 atom stereocenters. The van der Waals surface area contributed by atoms with E-state index in [1.807, 2.05) is 36.1 Å². The Morgan fingerprint density at radius 3 is 2.35 bits per heavy atom. The molecule has 1 N–H and O–H groups in total. The first-order valence-corrected chi connectivity index (χ1v) is 7.30. The van der Waals surface area contributed by atoms with Crippen molar-refractivity contribution in [2.45, 2.75) is 38.8 Å². The van der Waals surface area contributed by atoms with E-state index < -0.39 is 0 Å². The number of carbonyl (C=O) groups is 1. The van der Waals surface area contributed by atoms with Crippen molar-refractivity contribution in [3.63, 3.8) is 0 Å². The van der Waals surface area contributed by atoms with Crippen molar-refractivity contribution < 1.29 is 9.53 Å². The fourth-order valence-electron chi connectivity index (χ4n) is 2.65.